The highest BCUT2D eigenvalue weighted by Gasteiger charge is 2.16. The van der Waals surface area contributed by atoms with Crippen LogP contribution in [0, 0.1) is 11.3 Å². The second-order valence-corrected chi connectivity index (χ2v) is 6.35. The lowest BCUT2D eigenvalue weighted by Crippen LogP contribution is -2.10. The molecule has 0 spiro atoms. The fraction of sp³-hybridized carbons (Fsp3) is 0.150. The summed E-state index contributed by atoms with van der Waals surface area (Å²) in [7, 11) is 0. The Morgan fingerprint density at radius 3 is 2.28 bits per heavy atom. The monoisotopic (exact) mass is 385 g/mol. The Morgan fingerprint density at radius 1 is 0.966 bits per heavy atom. The highest BCUT2D eigenvalue weighted by molar-refractivity contribution is 5.56. The average Bonchev–Trinajstić information content (AvgIpc) is 3.36. The van der Waals surface area contributed by atoms with Gasteiger partial charge in [-0.25, -0.2) is 4.68 Å². The SMILES string of the molecule is N#Cc1c(CCCNc2nnnn2-c2ccccc2)nn(-c2ccccc2)c1N. The first-order valence-electron chi connectivity index (χ1n) is 9.18. The molecule has 0 amide bonds. The van der Waals surface area contributed by atoms with Crippen LogP contribution in [0.25, 0.3) is 11.4 Å². The van der Waals surface area contributed by atoms with Gasteiger partial charge in [0.1, 0.15) is 17.5 Å². The number of tetrazole rings is 1. The van der Waals surface area contributed by atoms with E-state index in [0.29, 0.717) is 36.0 Å². The van der Waals surface area contributed by atoms with E-state index in [1.807, 2.05) is 60.7 Å². The fourth-order valence-corrected chi connectivity index (χ4v) is 3.04. The summed E-state index contributed by atoms with van der Waals surface area (Å²) in [6.45, 7) is 0.621. The predicted octanol–water partition coefficient (Wildman–Crippen LogP) is 2.35. The molecule has 0 fully saturated rings. The number of rotatable bonds is 7. The van der Waals surface area contributed by atoms with Gasteiger partial charge in [0.2, 0.25) is 5.95 Å². The van der Waals surface area contributed by atoms with Gasteiger partial charge in [-0.3, -0.25) is 0 Å². The van der Waals surface area contributed by atoms with Gasteiger partial charge in [-0.05, 0) is 47.5 Å². The van der Waals surface area contributed by atoms with E-state index in [-0.39, 0.29) is 0 Å². The number of aromatic nitrogens is 6. The summed E-state index contributed by atoms with van der Waals surface area (Å²) < 4.78 is 3.25. The van der Waals surface area contributed by atoms with Crippen LogP contribution < -0.4 is 11.1 Å². The van der Waals surface area contributed by atoms with E-state index in [1.165, 1.54) is 0 Å². The Hall–Kier alpha value is -4.19. The van der Waals surface area contributed by atoms with E-state index < -0.39 is 0 Å². The number of nitrogen functional groups attached to an aromatic ring is 1. The van der Waals surface area contributed by atoms with Crippen LogP contribution in [0.3, 0.4) is 0 Å². The molecule has 9 heteroatoms. The van der Waals surface area contributed by atoms with Crippen molar-refractivity contribution in [3.8, 4) is 17.4 Å². The highest BCUT2D eigenvalue weighted by Crippen LogP contribution is 2.21. The first-order valence-corrected chi connectivity index (χ1v) is 9.18. The topological polar surface area (TPSA) is 123 Å². The second-order valence-electron chi connectivity index (χ2n) is 6.35. The van der Waals surface area contributed by atoms with Gasteiger partial charge < -0.3 is 11.1 Å². The van der Waals surface area contributed by atoms with E-state index >= 15 is 0 Å². The van der Waals surface area contributed by atoms with E-state index in [9.17, 15) is 5.26 Å². The van der Waals surface area contributed by atoms with Crippen LogP contribution in [-0.2, 0) is 6.42 Å². The smallest absolute Gasteiger partial charge is 0.247 e. The van der Waals surface area contributed by atoms with Crippen molar-refractivity contribution >= 4 is 11.8 Å². The number of nitriles is 1. The van der Waals surface area contributed by atoms with Crippen molar-refractivity contribution < 1.29 is 0 Å². The molecule has 0 saturated carbocycles. The first kappa shape index (κ1) is 18.2. The van der Waals surface area contributed by atoms with E-state index in [0.717, 1.165) is 17.8 Å². The van der Waals surface area contributed by atoms with E-state index in [4.69, 9.17) is 5.73 Å². The molecule has 0 radical (unpaired) electrons. The zero-order valence-corrected chi connectivity index (χ0v) is 15.6. The molecule has 0 aliphatic carbocycles. The van der Waals surface area contributed by atoms with Crippen LogP contribution in [0.5, 0.6) is 0 Å². The minimum atomic E-state index is 0.356. The zero-order valence-electron chi connectivity index (χ0n) is 15.6. The minimum Gasteiger partial charge on any atom is -0.382 e. The fourth-order valence-electron chi connectivity index (χ4n) is 3.04. The third kappa shape index (κ3) is 3.77. The Balaban J connectivity index is 1.42. The summed E-state index contributed by atoms with van der Waals surface area (Å²) in [5.41, 5.74) is 8.95. The van der Waals surface area contributed by atoms with E-state index in [1.54, 1.807) is 9.36 Å². The molecule has 4 rings (SSSR count). The van der Waals surface area contributed by atoms with Crippen LogP contribution in [0.15, 0.2) is 60.7 Å². The highest BCUT2D eigenvalue weighted by atomic mass is 15.6. The molecule has 2 aromatic heterocycles. The van der Waals surface area contributed by atoms with Crippen LogP contribution in [0.4, 0.5) is 11.8 Å². The number of nitrogens with zero attached hydrogens (tertiary/aromatic N) is 7. The van der Waals surface area contributed by atoms with Gasteiger partial charge in [0.15, 0.2) is 0 Å². The predicted molar refractivity (Wildman–Crippen MR) is 109 cm³/mol. The molecule has 0 aliphatic heterocycles. The van der Waals surface area contributed by atoms with Crippen molar-refractivity contribution in [1.29, 1.82) is 5.26 Å². The molecule has 4 aromatic rings. The van der Waals surface area contributed by atoms with Crippen molar-refractivity contribution in [2.24, 2.45) is 0 Å². The summed E-state index contributed by atoms with van der Waals surface area (Å²) in [5, 5.41) is 29.1. The van der Waals surface area contributed by atoms with E-state index in [2.05, 4.69) is 32.0 Å². The van der Waals surface area contributed by atoms with Crippen LogP contribution >= 0.6 is 0 Å². The maximum atomic E-state index is 9.50. The molecule has 3 N–H and O–H groups in total. The average molecular weight is 385 g/mol. The number of para-hydroxylation sites is 2. The maximum absolute atomic E-state index is 9.50. The van der Waals surface area contributed by atoms with Gasteiger partial charge in [-0.1, -0.05) is 41.5 Å². The van der Waals surface area contributed by atoms with Crippen LogP contribution in [0.2, 0.25) is 0 Å². The summed E-state index contributed by atoms with van der Waals surface area (Å²) in [4.78, 5) is 0. The van der Waals surface area contributed by atoms with Crippen LogP contribution in [0.1, 0.15) is 17.7 Å². The number of benzene rings is 2. The van der Waals surface area contributed by atoms with Crippen molar-refractivity contribution in [3.05, 3.63) is 71.9 Å². The van der Waals surface area contributed by atoms with Gasteiger partial charge >= 0.3 is 0 Å². The van der Waals surface area contributed by atoms with Crippen molar-refractivity contribution in [3.63, 3.8) is 0 Å². The Morgan fingerprint density at radius 2 is 1.62 bits per heavy atom. The molecule has 2 heterocycles. The summed E-state index contributed by atoms with van der Waals surface area (Å²) in [6.07, 6.45) is 1.34. The molecule has 29 heavy (non-hydrogen) atoms. The number of hydrogen-bond acceptors (Lipinski definition) is 7. The van der Waals surface area contributed by atoms with Crippen molar-refractivity contribution in [2.75, 3.05) is 17.6 Å². The maximum Gasteiger partial charge on any atom is 0.247 e. The van der Waals surface area contributed by atoms with Gasteiger partial charge in [0.05, 0.1) is 17.1 Å². The third-order valence-electron chi connectivity index (χ3n) is 4.45. The Bertz CT molecular complexity index is 1120. The quantitative estimate of drug-likeness (QED) is 0.468. The minimum absolute atomic E-state index is 0.356. The zero-order chi connectivity index (χ0) is 20.1. The second kappa shape index (κ2) is 8.22. The summed E-state index contributed by atoms with van der Waals surface area (Å²) >= 11 is 0. The lowest BCUT2D eigenvalue weighted by atomic mass is 10.1. The molecule has 144 valence electrons. The molecular weight excluding hydrogens is 366 g/mol. The van der Waals surface area contributed by atoms with Crippen molar-refractivity contribution in [2.45, 2.75) is 12.8 Å². The molecule has 0 saturated heterocycles. The molecule has 9 nitrogen and oxygen atoms in total. The Labute approximate surface area is 167 Å². The molecule has 0 aliphatic rings. The summed E-state index contributed by atoms with van der Waals surface area (Å²) in [6, 6.07) is 21.4. The lowest BCUT2D eigenvalue weighted by Gasteiger charge is -2.06. The third-order valence-corrected chi connectivity index (χ3v) is 4.45. The van der Waals surface area contributed by atoms with Crippen LogP contribution in [-0.4, -0.2) is 36.5 Å². The first-order chi connectivity index (χ1) is 14.3. The van der Waals surface area contributed by atoms with Crippen molar-refractivity contribution in [1.82, 2.24) is 30.0 Å². The number of nitrogens with one attached hydrogen (secondary N) is 1. The number of hydrogen-bond donors (Lipinski definition) is 2. The molecule has 0 unspecified atom stereocenters. The van der Waals surface area contributed by atoms with Gasteiger partial charge in [-0.2, -0.15) is 15.0 Å². The van der Waals surface area contributed by atoms with Gasteiger partial charge in [0, 0.05) is 6.54 Å². The molecule has 0 atom stereocenters. The molecule has 2 aromatic carbocycles. The van der Waals surface area contributed by atoms with Gasteiger partial charge in [-0.15, -0.1) is 0 Å². The number of nitrogens with two attached hydrogens (primary N) is 1. The van der Waals surface area contributed by atoms with Gasteiger partial charge in [0.25, 0.3) is 0 Å². The number of anilines is 2. The normalized spacial score (nSPS) is 10.6. The summed E-state index contributed by atoms with van der Waals surface area (Å²) in [5.74, 6) is 0.917. The largest absolute Gasteiger partial charge is 0.382 e. The Kier molecular flexibility index (Phi) is 5.16. The standard InChI is InChI=1S/C20H19N9/c21-14-17-18(25-28(19(17)22)15-8-3-1-4-9-15)12-7-13-23-20-24-26-27-29(20)16-10-5-2-6-11-16/h1-6,8-11H,7,12-13,22H2,(H,23,24,27). The number of aryl methyl sites for hydroxylation is 1. The lowest BCUT2D eigenvalue weighted by molar-refractivity contribution is 0.774. The molecular formula is C20H19N9. The molecule has 0 bridgehead atoms.